The standard InChI is InChI=1S/C23H20N4O2/c1-16-11-12-21-25-18(13-22(28)27(21)15-16)14-24-20-10-6-5-9-19(20)23(29)26-17-7-3-2-4-8-17/h2-13,15,24H,14H2,1H3,(H,26,29). The maximum atomic E-state index is 12.7. The molecule has 0 radical (unpaired) electrons. The Morgan fingerprint density at radius 2 is 1.76 bits per heavy atom. The molecule has 144 valence electrons. The number of para-hydroxylation sites is 2. The third-order valence-corrected chi connectivity index (χ3v) is 4.52. The second kappa shape index (κ2) is 7.98. The fourth-order valence-corrected chi connectivity index (χ4v) is 3.09. The number of hydrogen-bond donors (Lipinski definition) is 2. The number of benzene rings is 2. The third-order valence-electron chi connectivity index (χ3n) is 4.52. The number of hydrogen-bond acceptors (Lipinski definition) is 4. The molecule has 0 aliphatic carbocycles. The molecular weight excluding hydrogens is 364 g/mol. The van der Waals surface area contributed by atoms with Gasteiger partial charge in [-0.25, -0.2) is 4.98 Å². The summed E-state index contributed by atoms with van der Waals surface area (Å²) in [6, 6.07) is 21.8. The fraction of sp³-hybridized carbons (Fsp3) is 0.0870. The lowest BCUT2D eigenvalue weighted by Crippen LogP contribution is -2.18. The van der Waals surface area contributed by atoms with Crippen molar-refractivity contribution in [3.8, 4) is 0 Å². The second-order valence-corrected chi connectivity index (χ2v) is 6.74. The number of pyridine rings is 1. The largest absolute Gasteiger partial charge is 0.379 e. The summed E-state index contributed by atoms with van der Waals surface area (Å²) in [6.07, 6.45) is 1.77. The van der Waals surface area contributed by atoms with Crippen LogP contribution in [0.4, 0.5) is 11.4 Å². The zero-order chi connectivity index (χ0) is 20.2. The molecule has 0 saturated carbocycles. The predicted octanol–water partition coefficient (Wildman–Crippen LogP) is 3.87. The lowest BCUT2D eigenvalue weighted by atomic mass is 10.1. The molecule has 29 heavy (non-hydrogen) atoms. The topological polar surface area (TPSA) is 75.5 Å². The molecule has 2 aromatic heterocycles. The molecule has 0 bridgehead atoms. The van der Waals surface area contributed by atoms with Crippen LogP contribution in [0.15, 0.2) is 83.8 Å². The summed E-state index contributed by atoms with van der Waals surface area (Å²) >= 11 is 0. The minimum absolute atomic E-state index is 0.134. The molecule has 4 aromatic rings. The van der Waals surface area contributed by atoms with E-state index in [1.165, 1.54) is 10.5 Å². The monoisotopic (exact) mass is 384 g/mol. The molecule has 1 amide bonds. The number of rotatable bonds is 5. The fourth-order valence-electron chi connectivity index (χ4n) is 3.09. The Morgan fingerprint density at radius 1 is 1.00 bits per heavy atom. The molecule has 2 heterocycles. The summed E-state index contributed by atoms with van der Waals surface area (Å²) in [4.78, 5) is 29.6. The van der Waals surface area contributed by atoms with E-state index in [1.54, 1.807) is 12.3 Å². The van der Waals surface area contributed by atoms with Gasteiger partial charge < -0.3 is 10.6 Å². The number of aryl methyl sites for hydroxylation is 1. The Bertz CT molecular complexity index is 1230. The predicted molar refractivity (Wildman–Crippen MR) is 114 cm³/mol. The van der Waals surface area contributed by atoms with E-state index >= 15 is 0 Å². The molecule has 0 saturated heterocycles. The lowest BCUT2D eigenvalue weighted by Gasteiger charge is -2.12. The Labute approximate surface area is 167 Å². The Kier molecular flexibility index (Phi) is 5.07. The van der Waals surface area contributed by atoms with Crippen molar-refractivity contribution in [1.29, 1.82) is 0 Å². The summed E-state index contributed by atoms with van der Waals surface area (Å²) in [5, 5.41) is 6.12. The van der Waals surface area contributed by atoms with Gasteiger partial charge in [0, 0.05) is 23.6 Å². The first-order valence-electron chi connectivity index (χ1n) is 9.28. The van der Waals surface area contributed by atoms with Crippen LogP contribution in [0.25, 0.3) is 5.65 Å². The molecule has 0 fully saturated rings. The van der Waals surface area contributed by atoms with E-state index in [0.717, 1.165) is 11.3 Å². The molecule has 0 spiro atoms. The van der Waals surface area contributed by atoms with Gasteiger partial charge in [0.2, 0.25) is 0 Å². The number of amides is 1. The number of aromatic nitrogens is 2. The summed E-state index contributed by atoms with van der Waals surface area (Å²) in [5.41, 5.74) is 3.98. The van der Waals surface area contributed by atoms with Crippen molar-refractivity contribution in [2.75, 3.05) is 10.6 Å². The number of nitrogens with one attached hydrogen (secondary N) is 2. The molecule has 4 rings (SSSR count). The average molecular weight is 384 g/mol. The molecule has 6 heteroatoms. The average Bonchev–Trinajstić information content (AvgIpc) is 2.74. The van der Waals surface area contributed by atoms with Gasteiger partial charge in [-0.2, -0.15) is 0 Å². The van der Waals surface area contributed by atoms with Crippen LogP contribution in [0.2, 0.25) is 0 Å². The normalized spacial score (nSPS) is 10.7. The smallest absolute Gasteiger partial charge is 0.258 e. The Balaban J connectivity index is 1.55. The van der Waals surface area contributed by atoms with Crippen LogP contribution < -0.4 is 16.2 Å². The highest BCUT2D eigenvalue weighted by Crippen LogP contribution is 2.18. The van der Waals surface area contributed by atoms with Gasteiger partial charge in [-0.1, -0.05) is 36.4 Å². The van der Waals surface area contributed by atoms with E-state index in [2.05, 4.69) is 15.6 Å². The number of anilines is 2. The number of nitrogens with zero attached hydrogens (tertiary/aromatic N) is 2. The van der Waals surface area contributed by atoms with Crippen LogP contribution in [0.1, 0.15) is 21.6 Å². The van der Waals surface area contributed by atoms with E-state index in [4.69, 9.17) is 0 Å². The van der Waals surface area contributed by atoms with E-state index in [1.807, 2.05) is 67.6 Å². The van der Waals surface area contributed by atoms with Gasteiger partial charge in [-0.05, 0) is 42.8 Å². The zero-order valence-electron chi connectivity index (χ0n) is 15.9. The molecule has 0 aliphatic heterocycles. The van der Waals surface area contributed by atoms with E-state index < -0.39 is 0 Å². The number of carbonyl (C=O) groups is 1. The minimum Gasteiger partial charge on any atom is -0.379 e. The molecule has 2 N–H and O–H groups in total. The highest BCUT2D eigenvalue weighted by Gasteiger charge is 2.11. The van der Waals surface area contributed by atoms with Crippen molar-refractivity contribution in [2.24, 2.45) is 0 Å². The van der Waals surface area contributed by atoms with Crippen LogP contribution in [-0.4, -0.2) is 15.3 Å². The first kappa shape index (κ1) is 18.4. The summed E-state index contributed by atoms with van der Waals surface area (Å²) in [5.74, 6) is -0.207. The number of carbonyl (C=O) groups excluding carboxylic acids is 1. The van der Waals surface area contributed by atoms with Gasteiger partial charge in [-0.3, -0.25) is 14.0 Å². The van der Waals surface area contributed by atoms with Gasteiger partial charge in [0.05, 0.1) is 17.8 Å². The first-order valence-corrected chi connectivity index (χ1v) is 9.28. The molecule has 0 unspecified atom stereocenters. The van der Waals surface area contributed by atoms with Crippen molar-refractivity contribution in [2.45, 2.75) is 13.5 Å². The maximum absolute atomic E-state index is 12.7. The van der Waals surface area contributed by atoms with Gasteiger partial charge in [-0.15, -0.1) is 0 Å². The lowest BCUT2D eigenvalue weighted by molar-refractivity contribution is 0.102. The van der Waals surface area contributed by atoms with E-state index in [0.29, 0.717) is 29.1 Å². The van der Waals surface area contributed by atoms with Crippen molar-refractivity contribution in [3.05, 3.63) is 106 Å². The van der Waals surface area contributed by atoms with E-state index in [-0.39, 0.29) is 11.5 Å². The van der Waals surface area contributed by atoms with Crippen LogP contribution in [0.3, 0.4) is 0 Å². The van der Waals surface area contributed by atoms with Gasteiger partial charge >= 0.3 is 0 Å². The van der Waals surface area contributed by atoms with Gasteiger partial charge in [0.15, 0.2) is 0 Å². The molecule has 6 nitrogen and oxygen atoms in total. The third kappa shape index (κ3) is 4.16. The number of fused-ring (bicyclic) bond motifs is 1. The quantitative estimate of drug-likeness (QED) is 0.548. The summed E-state index contributed by atoms with van der Waals surface area (Å²) in [6.45, 7) is 2.26. The highest BCUT2D eigenvalue weighted by molar-refractivity contribution is 6.08. The molecular formula is C23H20N4O2. The van der Waals surface area contributed by atoms with Crippen LogP contribution in [-0.2, 0) is 6.54 Å². The van der Waals surface area contributed by atoms with E-state index in [9.17, 15) is 9.59 Å². The summed E-state index contributed by atoms with van der Waals surface area (Å²) < 4.78 is 1.53. The van der Waals surface area contributed by atoms with Gasteiger partial charge in [0.25, 0.3) is 11.5 Å². The van der Waals surface area contributed by atoms with Gasteiger partial charge in [0.1, 0.15) is 5.65 Å². The highest BCUT2D eigenvalue weighted by atomic mass is 16.1. The first-order chi connectivity index (χ1) is 14.1. The van der Waals surface area contributed by atoms with Crippen LogP contribution in [0.5, 0.6) is 0 Å². The maximum Gasteiger partial charge on any atom is 0.258 e. The SMILES string of the molecule is Cc1ccc2nc(CNc3ccccc3C(=O)Nc3ccccc3)cc(=O)n2c1. The van der Waals surface area contributed by atoms with Crippen molar-refractivity contribution in [3.63, 3.8) is 0 Å². The Morgan fingerprint density at radius 3 is 2.59 bits per heavy atom. The Hall–Kier alpha value is -3.93. The van der Waals surface area contributed by atoms with Crippen molar-refractivity contribution < 1.29 is 4.79 Å². The van der Waals surface area contributed by atoms with Crippen LogP contribution >= 0.6 is 0 Å². The second-order valence-electron chi connectivity index (χ2n) is 6.74. The minimum atomic E-state index is -0.207. The molecule has 2 aromatic carbocycles. The molecule has 0 atom stereocenters. The van der Waals surface area contributed by atoms with Crippen molar-refractivity contribution in [1.82, 2.24) is 9.38 Å². The zero-order valence-corrected chi connectivity index (χ0v) is 15.9. The summed E-state index contributed by atoms with van der Waals surface area (Å²) in [7, 11) is 0. The molecule has 0 aliphatic rings. The van der Waals surface area contributed by atoms with Crippen molar-refractivity contribution >= 4 is 22.9 Å². The van der Waals surface area contributed by atoms with Crippen LogP contribution in [0, 0.1) is 6.92 Å².